The highest BCUT2D eigenvalue weighted by Gasteiger charge is 2.12. The number of fused-ring (bicyclic) bond motifs is 1. The Hall–Kier alpha value is -3.87. The number of nitrogens with one attached hydrogen (secondary N) is 1. The number of amides is 1. The molecule has 0 saturated heterocycles. The van der Waals surface area contributed by atoms with Crippen LogP contribution in [-0.2, 0) is 17.9 Å². The Labute approximate surface area is 180 Å². The van der Waals surface area contributed by atoms with Crippen molar-refractivity contribution in [2.45, 2.75) is 19.6 Å². The van der Waals surface area contributed by atoms with E-state index >= 15 is 0 Å². The van der Waals surface area contributed by atoms with Crippen molar-refractivity contribution >= 4 is 16.8 Å². The number of rotatable bonds is 8. The summed E-state index contributed by atoms with van der Waals surface area (Å²) in [5, 5.41) is 7.99. The predicted molar refractivity (Wildman–Crippen MR) is 119 cm³/mol. The molecular weight excluding hydrogens is 392 g/mol. The number of benzene rings is 2. The van der Waals surface area contributed by atoms with Gasteiger partial charge in [0.05, 0.1) is 25.4 Å². The molecule has 0 atom stereocenters. The van der Waals surface area contributed by atoms with Crippen LogP contribution in [0.25, 0.3) is 22.0 Å². The molecule has 0 radical (unpaired) electrons. The SMILES string of the molecule is CNC(=O)CCn1ncc2cc(OCc3ccccc3-c3cccnc3OC)ccc21. The number of hydrogen-bond donors (Lipinski definition) is 1. The molecule has 31 heavy (non-hydrogen) atoms. The van der Waals surface area contributed by atoms with Crippen LogP contribution >= 0.6 is 0 Å². The Kier molecular flexibility index (Phi) is 6.12. The maximum atomic E-state index is 11.5. The second-order valence-electron chi connectivity index (χ2n) is 7.02. The lowest BCUT2D eigenvalue weighted by Gasteiger charge is -2.13. The second-order valence-corrected chi connectivity index (χ2v) is 7.02. The molecule has 0 aliphatic carbocycles. The van der Waals surface area contributed by atoms with E-state index < -0.39 is 0 Å². The summed E-state index contributed by atoms with van der Waals surface area (Å²) in [4.78, 5) is 15.8. The van der Waals surface area contributed by atoms with Crippen LogP contribution in [0.1, 0.15) is 12.0 Å². The Balaban J connectivity index is 1.52. The van der Waals surface area contributed by atoms with Gasteiger partial charge in [-0.15, -0.1) is 0 Å². The van der Waals surface area contributed by atoms with E-state index in [1.165, 1.54) is 0 Å². The molecule has 1 amide bonds. The minimum atomic E-state index is -0.00693. The van der Waals surface area contributed by atoms with Gasteiger partial charge in [-0.25, -0.2) is 4.98 Å². The molecular formula is C24H24N4O3. The van der Waals surface area contributed by atoms with E-state index in [-0.39, 0.29) is 5.91 Å². The van der Waals surface area contributed by atoms with Crippen molar-refractivity contribution in [3.63, 3.8) is 0 Å². The van der Waals surface area contributed by atoms with Gasteiger partial charge < -0.3 is 14.8 Å². The summed E-state index contributed by atoms with van der Waals surface area (Å²) in [7, 11) is 3.25. The third-order valence-electron chi connectivity index (χ3n) is 5.11. The molecule has 0 spiro atoms. The average molecular weight is 416 g/mol. The summed E-state index contributed by atoms with van der Waals surface area (Å²) >= 11 is 0. The van der Waals surface area contributed by atoms with E-state index in [0.717, 1.165) is 33.3 Å². The number of aryl methyl sites for hydroxylation is 1. The molecule has 7 nitrogen and oxygen atoms in total. The lowest BCUT2D eigenvalue weighted by molar-refractivity contribution is -0.120. The molecule has 0 aliphatic heterocycles. The fourth-order valence-electron chi connectivity index (χ4n) is 3.49. The fourth-order valence-corrected chi connectivity index (χ4v) is 3.49. The highest BCUT2D eigenvalue weighted by atomic mass is 16.5. The zero-order chi connectivity index (χ0) is 21.6. The van der Waals surface area contributed by atoms with Crippen LogP contribution in [0.15, 0.2) is 67.0 Å². The molecule has 158 valence electrons. The number of ether oxygens (including phenoxy) is 2. The van der Waals surface area contributed by atoms with Gasteiger partial charge in [0.25, 0.3) is 0 Å². The summed E-state index contributed by atoms with van der Waals surface area (Å²) in [5.41, 5.74) is 3.96. The number of hydrogen-bond acceptors (Lipinski definition) is 5. The van der Waals surface area contributed by atoms with Crippen molar-refractivity contribution in [2.24, 2.45) is 0 Å². The van der Waals surface area contributed by atoms with E-state index in [0.29, 0.717) is 25.5 Å². The monoisotopic (exact) mass is 416 g/mol. The number of methoxy groups -OCH3 is 1. The highest BCUT2D eigenvalue weighted by molar-refractivity contribution is 5.81. The van der Waals surface area contributed by atoms with E-state index in [2.05, 4.69) is 15.4 Å². The van der Waals surface area contributed by atoms with Crippen molar-refractivity contribution in [3.05, 3.63) is 72.6 Å². The van der Waals surface area contributed by atoms with Crippen molar-refractivity contribution < 1.29 is 14.3 Å². The normalized spacial score (nSPS) is 10.8. The van der Waals surface area contributed by atoms with Gasteiger partial charge in [0.15, 0.2) is 0 Å². The predicted octanol–water partition coefficient (Wildman–Crippen LogP) is 3.82. The zero-order valence-corrected chi connectivity index (χ0v) is 17.5. The van der Waals surface area contributed by atoms with Crippen LogP contribution in [0, 0.1) is 0 Å². The zero-order valence-electron chi connectivity index (χ0n) is 17.5. The van der Waals surface area contributed by atoms with Crippen molar-refractivity contribution in [3.8, 4) is 22.8 Å². The molecule has 4 rings (SSSR count). The minimum Gasteiger partial charge on any atom is -0.489 e. The largest absolute Gasteiger partial charge is 0.489 e. The summed E-state index contributed by atoms with van der Waals surface area (Å²) in [5.74, 6) is 1.33. The third kappa shape index (κ3) is 4.50. The lowest BCUT2D eigenvalue weighted by atomic mass is 10.0. The fraction of sp³-hybridized carbons (Fsp3) is 0.208. The molecule has 7 heteroatoms. The summed E-state index contributed by atoms with van der Waals surface area (Å²) in [6.07, 6.45) is 3.89. The minimum absolute atomic E-state index is 0.00693. The van der Waals surface area contributed by atoms with Gasteiger partial charge in [0.1, 0.15) is 12.4 Å². The van der Waals surface area contributed by atoms with Crippen LogP contribution < -0.4 is 14.8 Å². The van der Waals surface area contributed by atoms with Crippen LogP contribution in [0.5, 0.6) is 11.6 Å². The molecule has 4 aromatic rings. The summed E-state index contributed by atoms with van der Waals surface area (Å²) in [6, 6.07) is 17.8. The molecule has 2 aromatic carbocycles. The quantitative estimate of drug-likeness (QED) is 0.472. The first-order valence-corrected chi connectivity index (χ1v) is 10.1. The van der Waals surface area contributed by atoms with Crippen molar-refractivity contribution in [1.82, 2.24) is 20.1 Å². The lowest BCUT2D eigenvalue weighted by Crippen LogP contribution is -2.19. The van der Waals surface area contributed by atoms with Crippen LogP contribution in [0.3, 0.4) is 0 Å². The smallest absolute Gasteiger partial charge is 0.221 e. The number of aromatic nitrogens is 3. The molecule has 2 heterocycles. The van der Waals surface area contributed by atoms with E-state index in [9.17, 15) is 4.79 Å². The van der Waals surface area contributed by atoms with Crippen LogP contribution in [0.2, 0.25) is 0 Å². The van der Waals surface area contributed by atoms with E-state index in [4.69, 9.17) is 9.47 Å². The maximum Gasteiger partial charge on any atom is 0.221 e. The molecule has 1 N–H and O–H groups in total. The van der Waals surface area contributed by atoms with Gasteiger partial charge in [0, 0.05) is 30.6 Å². The topological polar surface area (TPSA) is 78.3 Å². The van der Waals surface area contributed by atoms with Gasteiger partial charge in [-0.05, 0) is 41.5 Å². The Morgan fingerprint density at radius 3 is 2.77 bits per heavy atom. The van der Waals surface area contributed by atoms with Crippen LogP contribution in [0.4, 0.5) is 0 Å². The molecule has 0 bridgehead atoms. The highest BCUT2D eigenvalue weighted by Crippen LogP contribution is 2.31. The average Bonchev–Trinajstić information content (AvgIpc) is 3.23. The number of carbonyl (C=O) groups excluding carboxylic acids is 1. The third-order valence-corrected chi connectivity index (χ3v) is 5.11. The summed E-state index contributed by atoms with van der Waals surface area (Å²) in [6.45, 7) is 0.939. The molecule has 2 aromatic heterocycles. The molecule has 0 saturated carbocycles. The molecule has 0 unspecified atom stereocenters. The Morgan fingerprint density at radius 2 is 1.94 bits per heavy atom. The molecule has 0 aliphatic rings. The number of nitrogens with zero attached hydrogens (tertiary/aromatic N) is 3. The Morgan fingerprint density at radius 1 is 1.10 bits per heavy atom. The standard InChI is InChI=1S/C24H24N4O3/c1-25-23(29)11-13-28-22-10-9-19(14-18(22)15-27-28)31-16-17-6-3-4-7-20(17)21-8-5-12-26-24(21)30-2/h3-10,12,14-15H,11,13,16H2,1-2H3,(H,25,29). The van der Waals surface area contributed by atoms with Gasteiger partial charge >= 0.3 is 0 Å². The second kappa shape index (κ2) is 9.30. The first-order valence-electron chi connectivity index (χ1n) is 10.1. The van der Waals surface area contributed by atoms with Gasteiger partial charge in [-0.1, -0.05) is 24.3 Å². The number of pyridine rings is 1. The van der Waals surface area contributed by atoms with Crippen molar-refractivity contribution in [1.29, 1.82) is 0 Å². The van der Waals surface area contributed by atoms with Gasteiger partial charge in [-0.2, -0.15) is 5.10 Å². The number of carbonyl (C=O) groups is 1. The first kappa shape index (κ1) is 20.4. The van der Waals surface area contributed by atoms with E-state index in [1.54, 1.807) is 26.6 Å². The van der Waals surface area contributed by atoms with E-state index in [1.807, 2.05) is 59.3 Å². The maximum absolute atomic E-state index is 11.5. The van der Waals surface area contributed by atoms with Crippen molar-refractivity contribution in [2.75, 3.05) is 14.2 Å². The Bertz CT molecular complexity index is 1200. The van der Waals surface area contributed by atoms with Crippen LogP contribution in [-0.4, -0.2) is 34.8 Å². The summed E-state index contributed by atoms with van der Waals surface area (Å²) < 4.78 is 13.4. The molecule has 0 fully saturated rings. The first-order chi connectivity index (χ1) is 15.2. The van der Waals surface area contributed by atoms with Gasteiger partial charge in [-0.3, -0.25) is 9.48 Å². The van der Waals surface area contributed by atoms with Gasteiger partial charge in [0.2, 0.25) is 11.8 Å².